The van der Waals surface area contributed by atoms with E-state index in [-0.39, 0.29) is 10.8 Å². The number of unbranched alkanes of at least 4 members (excludes halogenated alkanes) is 2. The summed E-state index contributed by atoms with van der Waals surface area (Å²) < 4.78 is 47.0. The van der Waals surface area contributed by atoms with Crippen LogP contribution in [-0.2, 0) is 31.3 Å². The topological polar surface area (TPSA) is 139 Å². The molecule has 3 N–H and O–H groups in total. The molecule has 0 atom stereocenters. The van der Waals surface area contributed by atoms with Crippen LogP contribution >= 0.6 is 23.4 Å². The lowest BCUT2D eigenvalue weighted by molar-refractivity contribution is -0.642. The fourth-order valence-corrected chi connectivity index (χ4v) is 6.51. The zero-order chi connectivity index (χ0) is 30.3. The molecule has 0 bridgehead atoms. The van der Waals surface area contributed by atoms with Crippen LogP contribution in [0.5, 0.6) is 5.75 Å². The second kappa shape index (κ2) is 14.5. The van der Waals surface area contributed by atoms with Gasteiger partial charge in [-0.2, -0.15) is 13.0 Å². The monoisotopic (exact) mass is 636 g/mol. The number of nitrogens with one attached hydrogen (secondary N) is 1. The lowest BCUT2D eigenvalue weighted by Gasteiger charge is -2.19. The van der Waals surface area contributed by atoms with E-state index in [9.17, 15) is 17.8 Å². The highest BCUT2D eigenvalue weighted by atomic mass is 32.2. The van der Waals surface area contributed by atoms with E-state index < -0.39 is 10.1 Å². The van der Waals surface area contributed by atoms with E-state index in [1.54, 1.807) is 11.3 Å². The molecule has 0 unspecified atom stereocenters. The molecule has 0 fully saturated rings. The summed E-state index contributed by atoms with van der Waals surface area (Å²) in [5.41, 5.74) is 2.43. The Bertz CT molecular complexity index is 1600. The van der Waals surface area contributed by atoms with Crippen LogP contribution in [0.1, 0.15) is 51.0 Å². The van der Waals surface area contributed by atoms with Crippen LogP contribution < -0.4 is 19.5 Å². The minimum Gasteiger partial charge on any atom is -0.439 e. The molecule has 1 aliphatic rings. The summed E-state index contributed by atoms with van der Waals surface area (Å²) in [5, 5.41) is 16.0. The molecule has 2 heterocycles. The number of anilines is 1. The van der Waals surface area contributed by atoms with Crippen LogP contribution in [0.15, 0.2) is 63.7 Å². The van der Waals surface area contributed by atoms with Crippen molar-refractivity contribution in [1.29, 1.82) is 0 Å². The van der Waals surface area contributed by atoms with Gasteiger partial charge in [0.1, 0.15) is 11.7 Å². The second-order valence-corrected chi connectivity index (χ2v) is 13.0. The third-order valence-corrected chi connectivity index (χ3v) is 9.15. The number of carbonyl (C=O) groups is 1. The van der Waals surface area contributed by atoms with Gasteiger partial charge in [-0.15, -0.1) is 4.33 Å². The Morgan fingerprint density at radius 1 is 1.21 bits per heavy atom. The van der Waals surface area contributed by atoms with E-state index in [0.29, 0.717) is 36.8 Å². The molecule has 2 aromatic carbocycles. The number of benzene rings is 2. The number of hydrogen-bond donors (Lipinski definition) is 3. The molecule has 3 aromatic rings. The van der Waals surface area contributed by atoms with Gasteiger partial charge >= 0.3 is 0 Å². The maximum absolute atomic E-state index is 11.9. The van der Waals surface area contributed by atoms with Gasteiger partial charge in [0.05, 0.1) is 22.6 Å². The van der Waals surface area contributed by atoms with Gasteiger partial charge in [-0.05, 0) is 62.1 Å². The summed E-state index contributed by atoms with van der Waals surface area (Å²) in [6, 6.07) is 10.0. The number of nitrogens with zero attached hydrogens (tertiary/aromatic N) is 2. The van der Waals surface area contributed by atoms with Crippen molar-refractivity contribution in [1.82, 2.24) is 5.32 Å². The minimum absolute atomic E-state index is 0.0442. The number of amides is 1. The minimum atomic E-state index is -4.39. The normalized spacial score (nSPS) is 14.5. The number of ether oxygens (including phenoxy) is 1. The van der Waals surface area contributed by atoms with Gasteiger partial charge in [-0.3, -0.25) is 9.35 Å². The van der Waals surface area contributed by atoms with Crippen LogP contribution in [0.25, 0.3) is 16.3 Å². The first-order valence-corrected chi connectivity index (χ1v) is 16.4. The summed E-state index contributed by atoms with van der Waals surface area (Å²) in [6.07, 6.45) is 7.56. The second-order valence-electron chi connectivity index (χ2n) is 9.74. The van der Waals surface area contributed by atoms with Crippen molar-refractivity contribution in [2.24, 2.45) is 7.05 Å². The molecule has 0 radical (unpaired) electrons. The van der Waals surface area contributed by atoms with Crippen LogP contribution in [0.2, 0.25) is 0 Å². The van der Waals surface area contributed by atoms with Crippen LogP contribution in [0, 0.1) is 0 Å². The fourth-order valence-electron chi connectivity index (χ4n) is 4.47. The van der Waals surface area contributed by atoms with Gasteiger partial charge < -0.3 is 15.0 Å². The number of aryl methyl sites for hydroxylation is 1. The van der Waals surface area contributed by atoms with Gasteiger partial charge in [0.15, 0.2) is 5.75 Å². The lowest BCUT2D eigenvalue weighted by atomic mass is 10.1. The summed E-state index contributed by atoms with van der Waals surface area (Å²) in [4.78, 5) is 14.4. The number of fused-ring (bicyclic) bond motifs is 2. The SMILES string of the molecule is CCCNC(=O)CCCCCN1C(=CC(C)=Cc2sc3ccc(SOOO)cc3[n+]2C)Oc2ccc(S(=O)(=O)O)cc21. The number of aromatic nitrogens is 1. The Hall–Kier alpha value is -2.98. The van der Waals surface area contributed by atoms with E-state index >= 15 is 0 Å². The van der Waals surface area contributed by atoms with E-state index in [1.165, 1.54) is 18.2 Å². The number of allylic oxidation sites excluding steroid dienone is 2. The zero-order valence-corrected chi connectivity index (χ0v) is 26.0. The van der Waals surface area contributed by atoms with Crippen molar-refractivity contribution in [2.45, 2.75) is 55.7 Å². The maximum Gasteiger partial charge on any atom is 0.294 e. The van der Waals surface area contributed by atoms with Crippen molar-refractivity contribution in [3.05, 3.63) is 58.9 Å². The third kappa shape index (κ3) is 8.10. The quantitative estimate of drug-likeness (QED) is 0.0510. The van der Waals surface area contributed by atoms with Crippen LogP contribution in [-0.4, -0.2) is 37.2 Å². The molecule has 4 rings (SSSR count). The Labute approximate surface area is 253 Å². The summed E-state index contributed by atoms with van der Waals surface area (Å²) in [6.45, 7) is 5.17. The highest BCUT2D eigenvalue weighted by Crippen LogP contribution is 2.41. The first-order valence-electron chi connectivity index (χ1n) is 13.4. The van der Waals surface area contributed by atoms with Gasteiger partial charge in [0.2, 0.25) is 17.3 Å². The molecular weight excluding hydrogens is 603 g/mol. The zero-order valence-electron chi connectivity index (χ0n) is 23.5. The predicted octanol–water partition coefficient (Wildman–Crippen LogP) is 5.63. The molecule has 1 amide bonds. The molecule has 0 spiro atoms. The van der Waals surface area contributed by atoms with E-state index in [2.05, 4.69) is 14.7 Å². The van der Waals surface area contributed by atoms with Crippen molar-refractivity contribution >= 4 is 61.4 Å². The van der Waals surface area contributed by atoms with E-state index in [0.717, 1.165) is 63.4 Å². The number of rotatable bonds is 14. The van der Waals surface area contributed by atoms with Crippen LogP contribution in [0.3, 0.4) is 0 Å². The molecule has 0 saturated carbocycles. The van der Waals surface area contributed by atoms with E-state index in [1.807, 2.05) is 60.7 Å². The fraction of sp³-hybridized carbons (Fsp3) is 0.357. The van der Waals surface area contributed by atoms with Crippen molar-refractivity contribution in [2.75, 3.05) is 18.0 Å². The van der Waals surface area contributed by atoms with Crippen molar-refractivity contribution < 1.29 is 41.7 Å². The Morgan fingerprint density at radius 2 is 2.02 bits per heavy atom. The maximum atomic E-state index is 11.9. The molecule has 0 aliphatic carbocycles. The Morgan fingerprint density at radius 3 is 2.76 bits per heavy atom. The highest BCUT2D eigenvalue weighted by molar-refractivity contribution is 7.94. The molecular formula is C28H34N3O8S3+. The van der Waals surface area contributed by atoms with Gasteiger partial charge in [0, 0.05) is 42.6 Å². The first-order chi connectivity index (χ1) is 20.1. The molecule has 14 heteroatoms. The van der Waals surface area contributed by atoms with Crippen molar-refractivity contribution in [3.8, 4) is 5.75 Å². The Kier molecular flexibility index (Phi) is 11.0. The average molecular weight is 637 g/mol. The Balaban J connectivity index is 1.55. The van der Waals surface area contributed by atoms with Crippen LogP contribution in [0.4, 0.5) is 5.69 Å². The van der Waals surface area contributed by atoms with E-state index in [4.69, 9.17) is 9.99 Å². The molecule has 42 heavy (non-hydrogen) atoms. The predicted molar refractivity (Wildman–Crippen MR) is 161 cm³/mol. The lowest BCUT2D eigenvalue weighted by Crippen LogP contribution is -2.29. The first kappa shape index (κ1) is 31.9. The summed E-state index contributed by atoms with van der Waals surface area (Å²) in [5.74, 6) is 1.07. The molecule has 1 aromatic heterocycles. The van der Waals surface area contributed by atoms with Gasteiger partial charge in [-0.1, -0.05) is 29.7 Å². The molecule has 0 saturated heterocycles. The molecule has 1 aliphatic heterocycles. The van der Waals surface area contributed by atoms with Crippen molar-refractivity contribution in [3.63, 3.8) is 0 Å². The smallest absolute Gasteiger partial charge is 0.294 e. The number of thiazole rings is 1. The van der Waals surface area contributed by atoms with Gasteiger partial charge in [0.25, 0.3) is 15.1 Å². The third-order valence-electron chi connectivity index (χ3n) is 6.56. The largest absolute Gasteiger partial charge is 0.439 e. The number of carbonyl (C=O) groups excluding carboxylic acids is 1. The molecule has 226 valence electrons. The van der Waals surface area contributed by atoms with Gasteiger partial charge in [-0.25, -0.2) is 5.26 Å². The summed E-state index contributed by atoms with van der Waals surface area (Å²) >= 11 is 2.50. The highest BCUT2D eigenvalue weighted by Gasteiger charge is 2.28. The number of hydrogen-bond acceptors (Lipinski definition) is 10. The standard InChI is InChI=1S/C28H33N3O8S3/c1-4-13-29-26(32)8-6-5-7-14-31-22-18-21(42(34,35)36)10-11-24(22)37-27(31)15-19(2)16-28-30(3)23-17-20(41-39-38-33)9-12-25(23)40-28/h9-12,15-18H,4-8,13-14H2,1-3H3,(H2-,29,32,33,34,35,36)/p+1. The summed E-state index contributed by atoms with van der Waals surface area (Å²) in [7, 11) is -2.43. The average Bonchev–Trinajstić information content (AvgIpc) is 3.45. The molecule has 11 nitrogen and oxygen atoms in total.